The van der Waals surface area contributed by atoms with Crippen LogP contribution in [0.3, 0.4) is 0 Å². The Hall–Kier alpha value is -1.55. The number of aromatic hydroxyl groups is 1. The summed E-state index contributed by atoms with van der Waals surface area (Å²) >= 11 is 0. The number of likely N-dealkylation sites (N-methyl/N-ethyl adjacent to an activating group) is 1. The first-order valence-electron chi connectivity index (χ1n) is 6.36. The van der Waals surface area contributed by atoms with E-state index in [1.54, 1.807) is 18.2 Å². The number of phenolic OH excluding ortho intramolecular Hbond substituents is 1. The summed E-state index contributed by atoms with van der Waals surface area (Å²) in [6.07, 6.45) is 0.991. The smallest absolute Gasteiger partial charge is 0.254 e. The molecule has 1 heterocycles. The predicted octanol–water partition coefficient (Wildman–Crippen LogP) is 1.56. The van der Waals surface area contributed by atoms with E-state index in [0.29, 0.717) is 5.56 Å². The van der Waals surface area contributed by atoms with Crippen LogP contribution < -0.4 is 0 Å². The van der Waals surface area contributed by atoms with Gasteiger partial charge in [0.1, 0.15) is 5.75 Å². The fraction of sp³-hybridized carbons (Fsp3) is 0.500. The highest BCUT2D eigenvalue weighted by molar-refractivity contribution is 5.94. The molecule has 0 aromatic heterocycles. The number of phenols is 1. The second-order valence-corrected chi connectivity index (χ2v) is 5.01. The van der Waals surface area contributed by atoms with Crippen molar-refractivity contribution in [2.75, 3.05) is 26.7 Å². The molecule has 98 valence electrons. The Morgan fingerprint density at radius 1 is 1.39 bits per heavy atom. The Balaban J connectivity index is 2.17. The van der Waals surface area contributed by atoms with Crippen molar-refractivity contribution in [2.24, 2.45) is 0 Å². The van der Waals surface area contributed by atoms with Gasteiger partial charge in [-0.25, -0.2) is 0 Å². The zero-order valence-corrected chi connectivity index (χ0v) is 11.0. The average molecular weight is 248 g/mol. The standard InChI is InChI=1S/C14H20N2O2/c1-11-10-15(2)7-4-8-16(11)14(18)12-5-3-6-13(17)9-12/h3,5-6,9,11,17H,4,7-8,10H2,1-2H3. The van der Waals surface area contributed by atoms with Gasteiger partial charge in [0.2, 0.25) is 0 Å². The maximum absolute atomic E-state index is 12.4. The molecule has 1 unspecified atom stereocenters. The van der Waals surface area contributed by atoms with Crippen LogP contribution in [-0.4, -0.2) is 53.5 Å². The molecule has 0 spiro atoms. The van der Waals surface area contributed by atoms with Gasteiger partial charge in [-0.15, -0.1) is 0 Å². The number of nitrogens with zero attached hydrogens (tertiary/aromatic N) is 2. The second kappa shape index (κ2) is 5.40. The van der Waals surface area contributed by atoms with E-state index in [4.69, 9.17) is 0 Å². The number of benzene rings is 1. The van der Waals surface area contributed by atoms with Crippen LogP contribution in [-0.2, 0) is 0 Å². The normalized spacial score (nSPS) is 21.7. The number of rotatable bonds is 1. The van der Waals surface area contributed by atoms with Gasteiger partial charge in [0, 0.05) is 24.7 Å². The van der Waals surface area contributed by atoms with Gasteiger partial charge in [-0.3, -0.25) is 4.79 Å². The minimum absolute atomic E-state index is 0.00806. The number of hydrogen-bond acceptors (Lipinski definition) is 3. The first-order valence-corrected chi connectivity index (χ1v) is 6.36. The number of carbonyl (C=O) groups excluding carboxylic acids is 1. The lowest BCUT2D eigenvalue weighted by atomic mass is 10.1. The molecule has 2 rings (SSSR count). The summed E-state index contributed by atoms with van der Waals surface area (Å²) in [7, 11) is 2.08. The van der Waals surface area contributed by atoms with Crippen molar-refractivity contribution >= 4 is 5.91 Å². The largest absolute Gasteiger partial charge is 0.508 e. The van der Waals surface area contributed by atoms with E-state index in [-0.39, 0.29) is 17.7 Å². The highest BCUT2D eigenvalue weighted by Gasteiger charge is 2.24. The Labute approximate surface area is 108 Å². The fourth-order valence-electron chi connectivity index (χ4n) is 2.48. The summed E-state index contributed by atoms with van der Waals surface area (Å²) < 4.78 is 0. The van der Waals surface area contributed by atoms with Crippen LogP contribution >= 0.6 is 0 Å². The monoisotopic (exact) mass is 248 g/mol. The van der Waals surface area contributed by atoms with Crippen LogP contribution in [0.4, 0.5) is 0 Å². The molecule has 4 heteroatoms. The third kappa shape index (κ3) is 2.82. The van der Waals surface area contributed by atoms with Gasteiger partial charge in [-0.1, -0.05) is 6.07 Å². The molecule has 1 amide bonds. The van der Waals surface area contributed by atoms with E-state index >= 15 is 0 Å². The molecule has 18 heavy (non-hydrogen) atoms. The number of hydrogen-bond donors (Lipinski definition) is 1. The van der Waals surface area contributed by atoms with E-state index in [9.17, 15) is 9.90 Å². The zero-order chi connectivity index (χ0) is 13.1. The van der Waals surface area contributed by atoms with Gasteiger partial charge in [0.15, 0.2) is 0 Å². The molecule has 1 aliphatic rings. The summed E-state index contributed by atoms with van der Waals surface area (Å²) in [6, 6.07) is 6.77. The summed E-state index contributed by atoms with van der Waals surface area (Å²) in [5.41, 5.74) is 0.561. The van der Waals surface area contributed by atoms with E-state index in [2.05, 4.69) is 18.9 Å². The van der Waals surface area contributed by atoms with Crippen LogP contribution in [0.2, 0.25) is 0 Å². The molecule has 0 bridgehead atoms. The van der Waals surface area contributed by atoms with Crippen LogP contribution in [0.5, 0.6) is 5.75 Å². The Kier molecular flexibility index (Phi) is 3.87. The Morgan fingerprint density at radius 2 is 2.17 bits per heavy atom. The van der Waals surface area contributed by atoms with Gasteiger partial charge >= 0.3 is 0 Å². The van der Waals surface area contributed by atoms with Gasteiger partial charge in [-0.05, 0) is 45.1 Å². The van der Waals surface area contributed by atoms with Crippen molar-refractivity contribution in [3.63, 3.8) is 0 Å². The molecule has 1 atom stereocenters. The third-order valence-corrected chi connectivity index (χ3v) is 3.40. The van der Waals surface area contributed by atoms with E-state index in [1.807, 2.05) is 4.90 Å². The minimum Gasteiger partial charge on any atom is -0.508 e. The topological polar surface area (TPSA) is 43.8 Å². The van der Waals surface area contributed by atoms with Crippen molar-refractivity contribution in [2.45, 2.75) is 19.4 Å². The summed E-state index contributed by atoms with van der Waals surface area (Å²) in [5.74, 6) is 0.147. The molecule has 0 radical (unpaired) electrons. The van der Waals surface area contributed by atoms with E-state index in [1.165, 1.54) is 6.07 Å². The van der Waals surface area contributed by atoms with Crippen molar-refractivity contribution < 1.29 is 9.90 Å². The summed E-state index contributed by atoms with van der Waals surface area (Å²) in [4.78, 5) is 16.6. The predicted molar refractivity (Wildman–Crippen MR) is 70.7 cm³/mol. The Morgan fingerprint density at radius 3 is 2.89 bits per heavy atom. The van der Waals surface area contributed by atoms with Crippen LogP contribution in [0.15, 0.2) is 24.3 Å². The van der Waals surface area contributed by atoms with Crippen molar-refractivity contribution in [3.05, 3.63) is 29.8 Å². The number of carbonyl (C=O) groups is 1. The highest BCUT2D eigenvalue weighted by atomic mass is 16.3. The molecule has 1 N–H and O–H groups in total. The molecular weight excluding hydrogens is 228 g/mol. The van der Waals surface area contributed by atoms with Gasteiger partial charge in [0.25, 0.3) is 5.91 Å². The Bertz CT molecular complexity index is 434. The van der Waals surface area contributed by atoms with Crippen molar-refractivity contribution in [3.8, 4) is 5.75 Å². The van der Waals surface area contributed by atoms with Gasteiger partial charge in [0.05, 0.1) is 0 Å². The molecule has 0 saturated carbocycles. The molecule has 0 aliphatic carbocycles. The lowest BCUT2D eigenvalue weighted by molar-refractivity contribution is 0.0696. The quantitative estimate of drug-likeness (QED) is 0.820. The molecule has 1 aromatic carbocycles. The zero-order valence-electron chi connectivity index (χ0n) is 11.0. The van der Waals surface area contributed by atoms with Crippen molar-refractivity contribution in [1.82, 2.24) is 9.80 Å². The summed E-state index contributed by atoms with van der Waals surface area (Å²) in [6.45, 7) is 4.77. The lowest BCUT2D eigenvalue weighted by Gasteiger charge is -2.28. The third-order valence-electron chi connectivity index (χ3n) is 3.40. The van der Waals surface area contributed by atoms with Crippen LogP contribution in [0.25, 0.3) is 0 Å². The van der Waals surface area contributed by atoms with Crippen molar-refractivity contribution in [1.29, 1.82) is 0 Å². The average Bonchev–Trinajstić information content (AvgIpc) is 2.49. The summed E-state index contributed by atoms with van der Waals surface area (Å²) in [5, 5.41) is 9.44. The van der Waals surface area contributed by atoms with E-state index < -0.39 is 0 Å². The van der Waals surface area contributed by atoms with Crippen LogP contribution in [0, 0.1) is 0 Å². The maximum Gasteiger partial charge on any atom is 0.254 e. The van der Waals surface area contributed by atoms with Gasteiger partial charge in [-0.2, -0.15) is 0 Å². The minimum atomic E-state index is 0.00806. The molecule has 1 aliphatic heterocycles. The molecular formula is C14H20N2O2. The highest BCUT2D eigenvalue weighted by Crippen LogP contribution is 2.16. The molecule has 1 aromatic rings. The first kappa shape index (κ1) is 12.9. The lowest BCUT2D eigenvalue weighted by Crippen LogP contribution is -2.41. The second-order valence-electron chi connectivity index (χ2n) is 5.01. The maximum atomic E-state index is 12.4. The SMILES string of the molecule is CC1CN(C)CCCN1C(=O)c1cccc(O)c1. The van der Waals surface area contributed by atoms with E-state index in [0.717, 1.165) is 26.1 Å². The number of amides is 1. The molecule has 1 fully saturated rings. The molecule has 4 nitrogen and oxygen atoms in total. The fourth-order valence-corrected chi connectivity index (χ4v) is 2.48. The van der Waals surface area contributed by atoms with Crippen LogP contribution in [0.1, 0.15) is 23.7 Å². The first-order chi connectivity index (χ1) is 8.58. The van der Waals surface area contributed by atoms with Gasteiger partial charge < -0.3 is 14.9 Å². The molecule has 1 saturated heterocycles.